The predicted molar refractivity (Wildman–Crippen MR) is 89.0 cm³/mol. The second kappa shape index (κ2) is 6.63. The summed E-state index contributed by atoms with van der Waals surface area (Å²) >= 11 is 0. The van der Waals surface area contributed by atoms with Crippen LogP contribution in [0.3, 0.4) is 0 Å². The Hall–Kier alpha value is -1.65. The lowest BCUT2D eigenvalue weighted by Crippen LogP contribution is -2.50. The van der Waals surface area contributed by atoms with Crippen LogP contribution in [0.4, 0.5) is 5.82 Å². The number of carbonyl (C=O) groups excluding carboxylic acids is 1. The predicted octanol–water partition coefficient (Wildman–Crippen LogP) is 2.87. The summed E-state index contributed by atoms with van der Waals surface area (Å²) in [6.07, 6.45) is 6.68. The third kappa shape index (κ3) is 4.18. The standard InChI is InChI=1S/C17H28N4O/c1-12(16(22)20-17(2,3)4)21(5)14-10-11-18-15(19-14)13-8-6-7-9-13/h10-13H,6-9H2,1-5H3,(H,20,22)/t12-/m1/s1. The summed E-state index contributed by atoms with van der Waals surface area (Å²) < 4.78 is 0. The van der Waals surface area contributed by atoms with Crippen molar-refractivity contribution in [2.24, 2.45) is 0 Å². The summed E-state index contributed by atoms with van der Waals surface area (Å²) in [6, 6.07) is 1.60. The number of rotatable bonds is 4. The molecular weight excluding hydrogens is 276 g/mol. The van der Waals surface area contributed by atoms with Gasteiger partial charge in [0, 0.05) is 24.7 Å². The van der Waals surface area contributed by atoms with Crippen molar-refractivity contribution in [1.82, 2.24) is 15.3 Å². The first-order valence-corrected chi connectivity index (χ1v) is 8.16. The van der Waals surface area contributed by atoms with Crippen molar-refractivity contribution in [3.63, 3.8) is 0 Å². The number of hydrogen-bond donors (Lipinski definition) is 1. The molecule has 1 aromatic heterocycles. The largest absolute Gasteiger partial charge is 0.350 e. The van der Waals surface area contributed by atoms with E-state index in [2.05, 4.69) is 15.3 Å². The van der Waals surface area contributed by atoms with Crippen molar-refractivity contribution in [1.29, 1.82) is 0 Å². The molecule has 0 saturated heterocycles. The fourth-order valence-electron chi connectivity index (χ4n) is 2.79. The zero-order valence-corrected chi connectivity index (χ0v) is 14.4. The maximum atomic E-state index is 12.3. The number of aromatic nitrogens is 2. The zero-order valence-electron chi connectivity index (χ0n) is 14.4. The van der Waals surface area contributed by atoms with Crippen molar-refractivity contribution in [3.8, 4) is 0 Å². The van der Waals surface area contributed by atoms with Crippen LogP contribution >= 0.6 is 0 Å². The number of likely N-dealkylation sites (N-methyl/N-ethyl adjacent to an activating group) is 1. The highest BCUT2D eigenvalue weighted by molar-refractivity contribution is 5.84. The number of nitrogens with zero attached hydrogens (tertiary/aromatic N) is 3. The smallest absolute Gasteiger partial charge is 0.242 e. The number of amides is 1. The minimum Gasteiger partial charge on any atom is -0.350 e. The van der Waals surface area contributed by atoms with E-state index in [1.807, 2.05) is 45.7 Å². The van der Waals surface area contributed by atoms with Gasteiger partial charge < -0.3 is 10.2 Å². The minimum atomic E-state index is -0.273. The third-order valence-corrected chi connectivity index (χ3v) is 4.20. The van der Waals surface area contributed by atoms with Crippen molar-refractivity contribution < 1.29 is 4.79 Å². The molecule has 1 heterocycles. The molecule has 1 N–H and O–H groups in total. The molecule has 22 heavy (non-hydrogen) atoms. The first-order valence-electron chi connectivity index (χ1n) is 8.16. The monoisotopic (exact) mass is 304 g/mol. The lowest BCUT2D eigenvalue weighted by Gasteiger charge is -2.29. The average Bonchev–Trinajstić information content (AvgIpc) is 2.98. The maximum Gasteiger partial charge on any atom is 0.242 e. The summed E-state index contributed by atoms with van der Waals surface area (Å²) in [4.78, 5) is 23.4. The second-order valence-electron chi connectivity index (χ2n) is 7.28. The number of nitrogens with one attached hydrogen (secondary N) is 1. The van der Waals surface area contributed by atoms with Crippen LogP contribution in [-0.4, -0.2) is 34.5 Å². The van der Waals surface area contributed by atoms with E-state index in [0.29, 0.717) is 5.92 Å². The van der Waals surface area contributed by atoms with Crippen molar-refractivity contribution in [3.05, 3.63) is 18.1 Å². The summed E-state index contributed by atoms with van der Waals surface area (Å²) in [5.41, 5.74) is -0.229. The van der Waals surface area contributed by atoms with Gasteiger partial charge in [-0.25, -0.2) is 9.97 Å². The van der Waals surface area contributed by atoms with Crippen LogP contribution in [0.1, 0.15) is 65.1 Å². The molecule has 1 amide bonds. The van der Waals surface area contributed by atoms with Gasteiger partial charge >= 0.3 is 0 Å². The van der Waals surface area contributed by atoms with Gasteiger partial charge in [0.25, 0.3) is 0 Å². The van der Waals surface area contributed by atoms with E-state index in [1.165, 1.54) is 25.7 Å². The Morgan fingerprint density at radius 1 is 1.36 bits per heavy atom. The number of carbonyl (C=O) groups is 1. The molecule has 5 heteroatoms. The zero-order chi connectivity index (χ0) is 16.3. The number of hydrogen-bond acceptors (Lipinski definition) is 4. The highest BCUT2D eigenvalue weighted by Gasteiger charge is 2.25. The Morgan fingerprint density at radius 2 is 2.00 bits per heavy atom. The van der Waals surface area contributed by atoms with Gasteiger partial charge in [-0.15, -0.1) is 0 Å². The second-order valence-corrected chi connectivity index (χ2v) is 7.28. The normalized spacial score (nSPS) is 17.3. The fraction of sp³-hybridized carbons (Fsp3) is 0.706. The lowest BCUT2D eigenvalue weighted by molar-refractivity contribution is -0.123. The molecule has 0 aliphatic heterocycles. The van der Waals surface area contributed by atoms with Gasteiger partial charge in [0.05, 0.1) is 0 Å². The molecule has 122 valence electrons. The molecule has 1 saturated carbocycles. The van der Waals surface area contributed by atoms with E-state index in [0.717, 1.165) is 11.6 Å². The van der Waals surface area contributed by atoms with Gasteiger partial charge in [0.2, 0.25) is 5.91 Å². The molecule has 1 atom stereocenters. The summed E-state index contributed by atoms with van der Waals surface area (Å²) in [6.45, 7) is 7.86. The van der Waals surface area contributed by atoms with Crippen LogP contribution < -0.4 is 10.2 Å². The molecule has 0 unspecified atom stereocenters. The van der Waals surface area contributed by atoms with Crippen LogP contribution in [0.25, 0.3) is 0 Å². The maximum absolute atomic E-state index is 12.3. The Bertz CT molecular complexity index is 518. The SMILES string of the molecule is C[C@H](C(=O)NC(C)(C)C)N(C)c1ccnc(C2CCCC2)n1. The van der Waals surface area contributed by atoms with Gasteiger partial charge in [-0.1, -0.05) is 12.8 Å². The Morgan fingerprint density at radius 3 is 2.59 bits per heavy atom. The van der Waals surface area contributed by atoms with E-state index in [1.54, 1.807) is 6.20 Å². The molecular formula is C17H28N4O. The van der Waals surface area contributed by atoms with E-state index < -0.39 is 0 Å². The van der Waals surface area contributed by atoms with E-state index in [9.17, 15) is 4.79 Å². The van der Waals surface area contributed by atoms with E-state index in [-0.39, 0.29) is 17.5 Å². The Balaban J connectivity index is 2.09. The third-order valence-electron chi connectivity index (χ3n) is 4.20. The quantitative estimate of drug-likeness (QED) is 0.929. The summed E-state index contributed by atoms with van der Waals surface area (Å²) in [5, 5.41) is 3.02. The van der Waals surface area contributed by atoms with Crippen molar-refractivity contribution in [2.75, 3.05) is 11.9 Å². The molecule has 1 aromatic rings. The summed E-state index contributed by atoms with van der Waals surface area (Å²) in [7, 11) is 1.91. The van der Waals surface area contributed by atoms with Gasteiger partial charge in [-0.05, 0) is 46.6 Å². The van der Waals surface area contributed by atoms with Crippen LogP contribution in [0.2, 0.25) is 0 Å². The molecule has 0 radical (unpaired) electrons. The first kappa shape index (κ1) is 16.7. The highest BCUT2D eigenvalue weighted by atomic mass is 16.2. The molecule has 0 aromatic carbocycles. The average molecular weight is 304 g/mol. The van der Waals surface area contributed by atoms with E-state index >= 15 is 0 Å². The van der Waals surface area contributed by atoms with Gasteiger partial charge in [-0.2, -0.15) is 0 Å². The van der Waals surface area contributed by atoms with Crippen molar-refractivity contribution in [2.45, 2.75) is 70.9 Å². The topological polar surface area (TPSA) is 58.1 Å². The Labute approximate surface area is 133 Å². The van der Waals surface area contributed by atoms with Crippen LogP contribution in [0.15, 0.2) is 12.3 Å². The molecule has 5 nitrogen and oxygen atoms in total. The van der Waals surface area contributed by atoms with Crippen LogP contribution in [0, 0.1) is 0 Å². The summed E-state index contributed by atoms with van der Waals surface area (Å²) in [5.74, 6) is 2.22. The minimum absolute atomic E-state index is 0.0102. The van der Waals surface area contributed by atoms with Gasteiger partial charge in [0.15, 0.2) is 0 Å². The molecule has 2 rings (SSSR count). The molecule has 0 bridgehead atoms. The van der Waals surface area contributed by atoms with Gasteiger partial charge in [-0.3, -0.25) is 4.79 Å². The molecule has 1 aliphatic carbocycles. The highest BCUT2D eigenvalue weighted by Crippen LogP contribution is 2.32. The fourth-order valence-corrected chi connectivity index (χ4v) is 2.79. The van der Waals surface area contributed by atoms with Gasteiger partial charge in [0.1, 0.15) is 17.7 Å². The molecule has 1 fully saturated rings. The molecule has 0 spiro atoms. The Kier molecular flexibility index (Phi) is 5.04. The van der Waals surface area contributed by atoms with Crippen LogP contribution in [0.5, 0.6) is 0 Å². The lowest BCUT2D eigenvalue weighted by atomic mass is 10.1. The first-order chi connectivity index (χ1) is 10.3. The molecule has 1 aliphatic rings. The van der Waals surface area contributed by atoms with Crippen LogP contribution in [-0.2, 0) is 4.79 Å². The number of anilines is 1. The van der Waals surface area contributed by atoms with Crippen molar-refractivity contribution >= 4 is 11.7 Å². The van der Waals surface area contributed by atoms with E-state index in [4.69, 9.17) is 0 Å².